The Bertz CT molecular complexity index is 393. The first kappa shape index (κ1) is 15.5. The Morgan fingerprint density at radius 3 is 2.00 bits per heavy atom. The van der Waals surface area contributed by atoms with Crippen molar-refractivity contribution in [1.29, 1.82) is 5.26 Å². The normalized spacial score (nSPS) is 17.0. The van der Waals surface area contributed by atoms with Crippen LogP contribution in [0.2, 0.25) is 0 Å². The van der Waals surface area contributed by atoms with Crippen LogP contribution >= 0.6 is 12.2 Å². The first-order chi connectivity index (χ1) is 9.08. The summed E-state index contributed by atoms with van der Waals surface area (Å²) in [6.07, 6.45) is 0.190. The second-order valence-electron chi connectivity index (χ2n) is 3.96. The van der Waals surface area contributed by atoms with E-state index < -0.39 is 17.7 Å². The lowest BCUT2D eigenvalue weighted by Gasteiger charge is -2.38. The number of carbonyl (C=O) groups is 2. The lowest BCUT2D eigenvalue weighted by Crippen LogP contribution is -2.60. The fourth-order valence-electron chi connectivity index (χ4n) is 1.88. The topological polar surface area (TPSA) is 105 Å². The molecule has 104 valence electrons. The monoisotopic (exact) mass is 285 g/mol. The number of hydrogen-bond donors (Lipinski definition) is 2. The van der Waals surface area contributed by atoms with Crippen LogP contribution in [-0.2, 0) is 9.59 Å². The van der Waals surface area contributed by atoms with Gasteiger partial charge < -0.3 is 10.2 Å². The molecule has 0 radical (unpaired) electrons. The molecule has 0 unspecified atom stereocenters. The molecule has 0 atom stereocenters. The molecule has 0 aliphatic carbocycles. The molecule has 1 saturated heterocycles. The van der Waals surface area contributed by atoms with E-state index in [0.29, 0.717) is 0 Å². The van der Waals surface area contributed by atoms with E-state index in [1.54, 1.807) is 0 Å². The van der Waals surface area contributed by atoms with Crippen LogP contribution in [0.3, 0.4) is 0 Å². The number of β-amino-alcohol motifs (C(OH)–C–C–N with tert-alkyl or cyclic N) is 2. The average molecular weight is 285 g/mol. The van der Waals surface area contributed by atoms with Gasteiger partial charge in [0.05, 0.1) is 32.4 Å². The molecule has 0 aromatic heterocycles. The highest BCUT2D eigenvalue weighted by atomic mass is 32.1. The molecule has 0 bridgehead atoms. The van der Waals surface area contributed by atoms with E-state index in [2.05, 4.69) is 0 Å². The summed E-state index contributed by atoms with van der Waals surface area (Å²) >= 11 is 5.02. The minimum Gasteiger partial charge on any atom is -0.395 e. The first-order valence-electron chi connectivity index (χ1n) is 5.83. The Hall–Kier alpha value is -1.56. The molecule has 1 aliphatic heterocycles. The molecule has 19 heavy (non-hydrogen) atoms. The predicted molar refractivity (Wildman–Crippen MR) is 68.5 cm³/mol. The Morgan fingerprint density at radius 2 is 1.63 bits per heavy atom. The van der Waals surface area contributed by atoms with Gasteiger partial charge in [0.15, 0.2) is 5.11 Å². The molecule has 1 heterocycles. The maximum Gasteiger partial charge on any atom is 0.241 e. The van der Waals surface area contributed by atoms with Crippen LogP contribution in [0.4, 0.5) is 0 Å². The molecular weight excluding hydrogens is 270 g/mol. The van der Waals surface area contributed by atoms with Crippen molar-refractivity contribution >= 4 is 29.1 Å². The SMILES string of the molecule is N#CCCC1C(=O)N(CCO)C(=S)N(CCO)C1=O. The lowest BCUT2D eigenvalue weighted by atomic mass is 9.98. The molecule has 1 fully saturated rings. The number of aliphatic hydroxyl groups is 2. The van der Waals surface area contributed by atoms with Crippen molar-refractivity contribution in [2.24, 2.45) is 5.92 Å². The van der Waals surface area contributed by atoms with Gasteiger partial charge in [-0.25, -0.2) is 0 Å². The number of amides is 2. The quantitative estimate of drug-likeness (QED) is 0.471. The molecule has 2 N–H and O–H groups in total. The van der Waals surface area contributed by atoms with E-state index in [4.69, 9.17) is 27.7 Å². The van der Waals surface area contributed by atoms with E-state index >= 15 is 0 Å². The summed E-state index contributed by atoms with van der Waals surface area (Å²) in [5.74, 6) is -1.95. The van der Waals surface area contributed by atoms with Crippen molar-refractivity contribution in [2.75, 3.05) is 26.3 Å². The number of rotatable bonds is 6. The summed E-state index contributed by atoms with van der Waals surface area (Å²) in [5, 5.41) is 26.4. The molecule has 1 aliphatic rings. The summed E-state index contributed by atoms with van der Waals surface area (Å²) in [6, 6.07) is 1.89. The summed E-state index contributed by atoms with van der Waals surface area (Å²) in [5.41, 5.74) is 0. The van der Waals surface area contributed by atoms with Gasteiger partial charge in [0.25, 0.3) is 0 Å². The van der Waals surface area contributed by atoms with Gasteiger partial charge in [-0.3, -0.25) is 19.4 Å². The maximum atomic E-state index is 12.1. The number of thiocarbonyl (C=S) groups is 1. The van der Waals surface area contributed by atoms with Gasteiger partial charge in [0, 0.05) is 6.42 Å². The third-order valence-electron chi connectivity index (χ3n) is 2.78. The van der Waals surface area contributed by atoms with Crippen LogP contribution in [-0.4, -0.2) is 63.2 Å². The standard InChI is InChI=1S/C11H15N3O4S/c12-3-1-2-8-9(17)13(4-6-15)11(19)14(5-7-16)10(8)18/h8,15-16H,1-2,4-7H2. The summed E-state index contributed by atoms with van der Waals surface area (Å²) in [7, 11) is 0. The van der Waals surface area contributed by atoms with Gasteiger partial charge in [-0.05, 0) is 18.6 Å². The van der Waals surface area contributed by atoms with Crippen molar-refractivity contribution in [3.8, 4) is 6.07 Å². The summed E-state index contributed by atoms with van der Waals surface area (Å²) < 4.78 is 0. The number of nitrogens with zero attached hydrogens (tertiary/aromatic N) is 3. The van der Waals surface area contributed by atoms with E-state index in [0.717, 1.165) is 9.80 Å². The number of hydrogen-bond acceptors (Lipinski definition) is 6. The molecular formula is C11H15N3O4S. The van der Waals surface area contributed by atoms with Gasteiger partial charge in [-0.2, -0.15) is 5.26 Å². The third-order valence-corrected chi connectivity index (χ3v) is 3.22. The van der Waals surface area contributed by atoms with Gasteiger partial charge in [0.2, 0.25) is 11.8 Å². The van der Waals surface area contributed by atoms with Crippen LogP contribution < -0.4 is 0 Å². The Balaban J connectivity index is 2.98. The van der Waals surface area contributed by atoms with Crippen LogP contribution in [0, 0.1) is 17.2 Å². The Morgan fingerprint density at radius 1 is 1.16 bits per heavy atom. The van der Waals surface area contributed by atoms with Crippen molar-refractivity contribution in [2.45, 2.75) is 12.8 Å². The third kappa shape index (κ3) is 3.26. The Kier molecular flexibility index (Phi) is 5.82. The first-order valence-corrected chi connectivity index (χ1v) is 6.24. The van der Waals surface area contributed by atoms with Crippen molar-refractivity contribution < 1.29 is 19.8 Å². The van der Waals surface area contributed by atoms with E-state index in [1.807, 2.05) is 6.07 Å². The maximum absolute atomic E-state index is 12.1. The van der Waals surface area contributed by atoms with Gasteiger partial charge in [0.1, 0.15) is 5.92 Å². The summed E-state index contributed by atoms with van der Waals surface area (Å²) in [4.78, 5) is 26.5. The largest absolute Gasteiger partial charge is 0.395 e. The molecule has 0 aromatic rings. The number of carbonyl (C=O) groups excluding carboxylic acids is 2. The zero-order valence-electron chi connectivity index (χ0n) is 10.3. The average Bonchev–Trinajstić information content (AvgIpc) is 2.40. The molecule has 1 rings (SSSR count). The molecule has 2 amide bonds. The highest BCUT2D eigenvalue weighted by Crippen LogP contribution is 2.21. The van der Waals surface area contributed by atoms with Crippen LogP contribution in [0.15, 0.2) is 0 Å². The van der Waals surface area contributed by atoms with Crippen LogP contribution in [0.1, 0.15) is 12.8 Å². The Labute approximate surface area is 116 Å². The van der Waals surface area contributed by atoms with Gasteiger partial charge in [-0.15, -0.1) is 0 Å². The number of nitriles is 1. The highest BCUT2D eigenvalue weighted by Gasteiger charge is 2.42. The van der Waals surface area contributed by atoms with Crippen molar-refractivity contribution in [1.82, 2.24) is 9.80 Å². The van der Waals surface area contributed by atoms with E-state index in [-0.39, 0.29) is 44.3 Å². The van der Waals surface area contributed by atoms with Crippen molar-refractivity contribution in [3.05, 3.63) is 0 Å². The second-order valence-corrected chi connectivity index (χ2v) is 4.32. The molecule has 0 aromatic carbocycles. The predicted octanol–water partition coefficient (Wildman–Crippen LogP) is -1.15. The molecule has 0 saturated carbocycles. The molecule has 8 heteroatoms. The molecule has 7 nitrogen and oxygen atoms in total. The van der Waals surface area contributed by atoms with Gasteiger partial charge in [-0.1, -0.05) is 0 Å². The number of aliphatic hydroxyl groups excluding tert-OH is 2. The van der Waals surface area contributed by atoms with E-state index in [9.17, 15) is 9.59 Å². The zero-order chi connectivity index (χ0) is 14.4. The fraction of sp³-hybridized carbons (Fsp3) is 0.636. The highest BCUT2D eigenvalue weighted by molar-refractivity contribution is 7.80. The fourth-order valence-corrected chi connectivity index (χ4v) is 2.25. The second kappa shape index (κ2) is 7.13. The smallest absolute Gasteiger partial charge is 0.241 e. The van der Waals surface area contributed by atoms with Crippen molar-refractivity contribution in [3.63, 3.8) is 0 Å². The minimum atomic E-state index is -0.968. The van der Waals surface area contributed by atoms with E-state index in [1.165, 1.54) is 0 Å². The minimum absolute atomic E-state index is 0.00404. The van der Waals surface area contributed by atoms with Crippen LogP contribution in [0.25, 0.3) is 0 Å². The lowest BCUT2D eigenvalue weighted by molar-refractivity contribution is -0.147. The van der Waals surface area contributed by atoms with Gasteiger partial charge >= 0.3 is 0 Å². The molecule has 0 spiro atoms. The van der Waals surface area contributed by atoms with Crippen LogP contribution in [0.5, 0.6) is 0 Å². The zero-order valence-corrected chi connectivity index (χ0v) is 11.1. The summed E-state index contributed by atoms with van der Waals surface area (Å²) in [6.45, 7) is -0.568.